The standard InChI is InChI=1S/C13H26O.C2H5NO/c1-4-6-8-9-10-12(3)13(14)11-7-5-2;1-2(3)4/h12H,4-11H2,1-3H3;1H3,(H2,3,4). The molecular weight excluding hydrogens is 226 g/mol. The molecule has 0 aliphatic heterocycles. The van der Waals surface area contributed by atoms with Gasteiger partial charge in [-0.2, -0.15) is 0 Å². The molecule has 0 aromatic rings. The molecule has 0 saturated heterocycles. The molecule has 3 nitrogen and oxygen atoms in total. The SMILES string of the molecule is CC(N)=O.CCCCCCC(C)C(=O)CCCC. The van der Waals surface area contributed by atoms with Gasteiger partial charge in [-0.25, -0.2) is 0 Å². The maximum absolute atomic E-state index is 11.6. The third-order valence-electron chi connectivity index (χ3n) is 2.82. The van der Waals surface area contributed by atoms with E-state index < -0.39 is 0 Å². The van der Waals surface area contributed by atoms with Crippen LogP contribution < -0.4 is 5.73 Å². The van der Waals surface area contributed by atoms with E-state index in [9.17, 15) is 9.59 Å². The van der Waals surface area contributed by atoms with E-state index in [2.05, 4.69) is 26.5 Å². The Bertz CT molecular complexity index is 211. The molecule has 1 unspecified atom stereocenters. The number of carbonyl (C=O) groups is 2. The second kappa shape index (κ2) is 14.2. The van der Waals surface area contributed by atoms with Crippen LogP contribution in [0.5, 0.6) is 0 Å². The number of nitrogens with two attached hydrogens (primary N) is 1. The summed E-state index contributed by atoms with van der Waals surface area (Å²) in [4.78, 5) is 20.8. The van der Waals surface area contributed by atoms with Crippen LogP contribution in [0.4, 0.5) is 0 Å². The molecule has 0 fully saturated rings. The Morgan fingerprint density at radius 1 is 1.00 bits per heavy atom. The van der Waals surface area contributed by atoms with E-state index >= 15 is 0 Å². The fourth-order valence-electron chi connectivity index (χ4n) is 1.64. The van der Waals surface area contributed by atoms with Crippen LogP contribution in [0.1, 0.15) is 79.1 Å². The first-order valence-corrected chi connectivity index (χ1v) is 7.24. The summed E-state index contributed by atoms with van der Waals surface area (Å²) in [5.41, 5.74) is 4.47. The summed E-state index contributed by atoms with van der Waals surface area (Å²) in [5.74, 6) is 0.446. The third-order valence-corrected chi connectivity index (χ3v) is 2.82. The summed E-state index contributed by atoms with van der Waals surface area (Å²) >= 11 is 0. The lowest BCUT2D eigenvalue weighted by Gasteiger charge is -2.09. The fraction of sp³-hybridized carbons (Fsp3) is 0.867. The van der Waals surface area contributed by atoms with Crippen LogP contribution in [0, 0.1) is 5.92 Å². The van der Waals surface area contributed by atoms with Crippen molar-refractivity contribution in [3.63, 3.8) is 0 Å². The van der Waals surface area contributed by atoms with Gasteiger partial charge in [-0.05, 0) is 12.8 Å². The van der Waals surface area contributed by atoms with Crippen molar-refractivity contribution in [2.75, 3.05) is 0 Å². The molecule has 3 heteroatoms. The Labute approximate surface area is 113 Å². The highest BCUT2D eigenvalue weighted by atomic mass is 16.1. The molecule has 0 aromatic heterocycles. The van der Waals surface area contributed by atoms with E-state index in [1.54, 1.807) is 0 Å². The van der Waals surface area contributed by atoms with Crippen LogP contribution in [0.15, 0.2) is 0 Å². The van der Waals surface area contributed by atoms with Crippen molar-refractivity contribution in [2.24, 2.45) is 11.7 Å². The molecule has 0 spiro atoms. The first kappa shape index (κ1) is 19.5. The summed E-state index contributed by atoms with van der Waals surface area (Å²) in [7, 11) is 0. The van der Waals surface area contributed by atoms with Crippen molar-refractivity contribution >= 4 is 11.7 Å². The highest BCUT2D eigenvalue weighted by Gasteiger charge is 2.10. The Morgan fingerprint density at radius 2 is 1.50 bits per heavy atom. The van der Waals surface area contributed by atoms with Crippen molar-refractivity contribution in [1.29, 1.82) is 0 Å². The lowest BCUT2D eigenvalue weighted by atomic mass is 9.95. The highest BCUT2D eigenvalue weighted by Crippen LogP contribution is 2.14. The average molecular weight is 257 g/mol. The first-order valence-electron chi connectivity index (χ1n) is 7.24. The van der Waals surface area contributed by atoms with Crippen molar-refractivity contribution in [2.45, 2.75) is 79.1 Å². The van der Waals surface area contributed by atoms with Crippen LogP contribution in [-0.2, 0) is 9.59 Å². The van der Waals surface area contributed by atoms with Gasteiger partial charge in [-0.1, -0.05) is 52.9 Å². The van der Waals surface area contributed by atoms with E-state index in [0.29, 0.717) is 11.7 Å². The molecule has 108 valence electrons. The maximum atomic E-state index is 11.6. The Hall–Kier alpha value is -0.860. The molecule has 0 saturated carbocycles. The van der Waals surface area contributed by atoms with Crippen molar-refractivity contribution in [3.8, 4) is 0 Å². The average Bonchev–Trinajstić information content (AvgIpc) is 2.30. The van der Waals surface area contributed by atoms with E-state index in [1.165, 1.54) is 32.6 Å². The van der Waals surface area contributed by atoms with Gasteiger partial charge in [-0.15, -0.1) is 0 Å². The lowest BCUT2D eigenvalue weighted by molar-refractivity contribution is -0.122. The molecule has 0 bridgehead atoms. The number of hydrogen-bond acceptors (Lipinski definition) is 2. The predicted octanol–water partition coefficient (Wildman–Crippen LogP) is 3.84. The number of primary amides is 1. The molecule has 0 aromatic carbocycles. The van der Waals surface area contributed by atoms with Crippen molar-refractivity contribution < 1.29 is 9.59 Å². The second-order valence-corrected chi connectivity index (χ2v) is 4.93. The zero-order chi connectivity index (χ0) is 14.4. The van der Waals surface area contributed by atoms with E-state index in [-0.39, 0.29) is 5.91 Å². The second-order valence-electron chi connectivity index (χ2n) is 4.93. The topological polar surface area (TPSA) is 60.2 Å². The molecule has 1 amide bonds. The van der Waals surface area contributed by atoms with Crippen LogP contribution in [0.25, 0.3) is 0 Å². The van der Waals surface area contributed by atoms with Gasteiger partial charge in [0, 0.05) is 19.3 Å². The zero-order valence-corrected chi connectivity index (χ0v) is 12.6. The number of ketones is 1. The smallest absolute Gasteiger partial charge is 0.214 e. The Kier molecular flexibility index (Phi) is 15.4. The number of rotatable bonds is 9. The van der Waals surface area contributed by atoms with Gasteiger partial charge >= 0.3 is 0 Å². The minimum absolute atomic E-state index is 0.304. The number of Topliss-reactive ketones (excluding diaryl/α,β-unsaturated/α-hetero) is 1. The van der Waals surface area contributed by atoms with E-state index in [4.69, 9.17) is 0 Å². The van der Waals surface area contributed by atoms with Gasteiger partial charge in [0.05, 0.1) is 0 Å². The summed E-state index contributed by atoms with van der Waals surface area (Å²) in [6, 6.07) is 0. The molecular formula is C15H31NO2. The number of unbranched alkanes of at least 4 members (excludes halogenated alkanes) is 4. The van der Waals surface area contributed by atoms with Crippen molar-refractivity contribution in [1.82, 2.24) is 0 Å². The minimum Gasteiger partial charge on any atom is -0.370 e. The van der Waals surface area contributed by atoms with E-state index in [1.807, 2.05) is 0 Å². The molecule has 0 rings (SSSR count). The van der Waals surface area contributed by atoms with Gasteiger partial charge in [0.2, 0.25) is 5.91 Å². The highest BCUT2D eigenvalue weighted by molar-refractivity contribution is 5.80. The quantitative estimate of drug-likeness (QED) is 0.638. The van der Waals surface area contributed by atoms with Gasteiger partial charge in [0.25, 0.3) is 0 Å². The van der Waals surface area contributed by atoms with Gasteiger partial charge in [0.1, 0.15) is 5.78 Å². The minimum atomic E-state index is -0.333. The first-order chi connectivity index (χ1) is 8.45. The normalized spacial score (nSPS) is 11.3. The molecule has 0 heterocycles. The number of hydrogen-bond donors (Lipinski definition) is 1. The van der Waals surface area contributed by atoms with Crippen LogP contribution >= 0.6 is 0 Å². The predicted molar refractivity (Wildman–Crippen MR) is 77.3 cm³/mol. The molecule has 0 aliphatic carbocycles. The number of amides is 1. The Morgan fingerprint density at radius 3 is 1.94 bits per heavy atom. The van der Waals surface area contributed by atoms with Crippen LogP contribution in [0.2, 0.25) is 0 Å². The van der Waals surface area contributed by atoms with Crippen LogP contribution in [-0.4, -0.2) is 11.7 Å². The maximum Gasteiger partial charge on any atom is 0.214 e. The molecule has 0 aliphatic rings. The Balaban J connectivity index is 0. The molecule has 18 heavy (non-hydrogen) atoms. The van der Waals surface area contributed by atoms with Gasteiger partial charge in [-0.3, -0.25) is 9.59 Å². The lowest BCUT2D eigenvalue weighted by Crippen LogP contribution is -2.10. The monoisotopic (exact) mass is 257 g/mol. The van der Waals surface area contributed by atoms with Crippen LogP contribution in [0.3, 0.4) is 0 Å². The van der Waals surface area contributed by atoms with E-state index in [0.717, 1.165) is 25.7 Å². The summed E-state index contributed by atoms with van der Waals surface area (Å²) < 4.78 is 0. The summed E-state index contributed by atoms with van der Waals surface area (Å²) in [6.07, 6.45) is 9.21. The van der Waals surface area contributed by atoms with Crippen molar-refractivity contribution in [3.05, 3.63) is 0 Å². The third kappa shape index (κ3) is 17.5. The van der Waals surface area contributed by atoms with Gasteiger partial charge in [0.15, 0.2) is 0 Å². The zero-order valence-electron chi connectivity index (χ0n) is 12.6. The fourth-order valence-corrected chi connectivity index (χ4v) is 1.64. The molecule has 2 N–H and O–H groups in total. The largest absolute Gasteiger partial charge is 0.370 e. The summed E-state index contributed by atoms with van der Waals surface area (Å²) in [5, 5.41) is 0. The molecule has 0 radical (unpaired) electrons. The number of carbonyl (C=O) groups excluding carboxylic acids is 2. The summed E-state index contributed by atoms with van der Waals surface area (Å²) in [6.45, 7) is 7.75. The van der Waals surface area contributed by atoms with Gasteiger partial charge < -0.3 is 5.73 Å². The molecule has 1 atom stereocenters.